The van der Waals surface area contributed by atoms with Crippen LogP contribution in [0.25, 0.3) is 0 Å². The number of carbonyl (C=O) groups excluding carboxylic acids is 2. The van der Waals surface area contributed by atoms with E-state index in [-0.39, 0.29) is 36.4 Å². The lowest BCUT2D eigenvalue weighted by atomic mass is 9.96. The highest BCUT2D eigenvalue weighted by Crippen LogP contribution is 2.29. The molecule has 1 aromatic heterocycles. The Kier molecular flexibility index (Phi) is 9.95. The van der Waals surface area contributed by atoms with E-state index in [1.54, 1.807) is 22.9 Å². The average molecular weight is 601 g/mol. The molecule has 1 aromatic carbocycles. The summed E-state index contributed by atoms with van der Waals surface area (Å²) in [6, 6.07) is 6.89. The Morgan fingerprint density at radius 3 is 2.73 bits per heavy atom. The van der Waals surface area contributed by atoms with Gasteiger partial charge in [0.1, 0.15) is 22.9 Å². The van der Waals surface area contributed by atoms with Crippen LogP contribution in [0.5, 0.6) is 5.75 Å². The normalized spacial score (nSPS) is 18.0. The van der Waals surface area contributed by atoms with Crippen molar-refractivity contribution in [3.63, 3.8) is 0 Å². The maximum absolute atomic E-state index is 13.2. The monoisotopic (exact) mass is 600 g/mol. The lowest BCUT2D eigenvalue weighted by Crippen LogP contribution is -2.41. The van der Waals surface area contributed by atoms with Gasteiger partial charge in [0, 0.05) is 44.9 Å². The number of ether oxygens (including phenoxy) is 2. The fourth-order valence-corrected chi connectivity index (χ4v) is 5.59. The van der Waals surface area contributed by atoms with Crippen LogP contribution in [0.15, 0.2) is 24.3 Å². The second-order valence-corrected chi connectivity index (χ2v) is 12.8. The first kappa shape index (κ1) is 30.8. The SMILES string of the molecule is CS(=O)(=O)CC(=O)Nc1c2c(nn1CC1CCOCC1)C[C@H](CCc1cccc(OCCCC(F)(F)F)c1)NC2=O. The van der Waals surface area contributed by atoms with Crippen molar-refractivity contribution >= 4 is 27.5 Å². The number of aromatic nitrogens is 2. The summed E-state index contributed by atoms with van der Waals surface area (Å²) >= 11 is 0. The van der Waals surface area contributed by atoms with E-state index in [9.17, 15) is 31.2 Å². The lowest BCUT2D eigenvalue weighted by Gasteiger charge is -2.23. The van der Waals surface area contributed by atoms with Crippen molar-refractivity contribution < 1.29 is 40.7 Å². The van der Waals surface area contributed by atoms with Gasteiger partial charge in [-0.25, -0.2) is 13.1 Å². The van der Waals surface area contributed by atoms with Gasteiger partial charge in [-0.3, -0.25) is 9.59 Å². The number of benzene rings is 1. The summed E-state index contributed by atoms with van der Waals surface area (Å²) in [5.74, 6) is -0.922. The fourth-order valence-electron chi connectivity index (χ4n) is 5.04. The number of alkyl halides is 3. The number of halogens is 3. The van der Waals surface area contributed by atoms with Gasteiger partial charge in [0.05, 0.1) is 12.3 Å². The molecule has 0 saturated carbocycles. The molecule has 0 bridgehead atoms. The van der Waals surface area contributed by atoms with Crippen molar-refractivity contribution in [1.29, 1.82) is 0 Å². The summed E-state index contributed by atoms with van der Waals surface area (Å²) in [5.41, 5.74) is 1.68. The molecule has 0 radical (unpaired) electrons. The zero-order chi connectivity index (χ0) is 29.6. The molecule has 2 aliphatic rings. The van der Waals surface area contributed by atoms with Gasteiger partial charge >= 0.3 is 6.18 Å². The number of nitrogens with zero attached hydrogens (tertiary/aromatic N) is 2. The number of anilines is 1. The van der Waals surface area contributed by atoms with E-state index in [2.05, 4.69) is 15.7 Å². The number of hydrogen-bond acceptors (Lipinski definition) is 7. The molecule has 2 aliphatic heterocycles. The molecule has 41 heavy (non-hydrogen) atoms. The Morgan fingerprint density at radius 2 is 2.02 bits per heavy atom. The van der Waals surface area contributed by atoms with Crippen molar-refractivity contribution in [2.75, 3.05) is 37.1 Å². The molecule has 0 unspecified atom stereocenters. The van der Waals surface area contributed by atoms with Crippen molar-refractivity contribution in [1.82, 2.24) is 15.1 Å². The number of aryl methyl sites for hydroxylation is 1. The Balaban J connectivity index is 1.42. The molecule has 0 aliphatic carbocycles. The first-order chi connectivity index (χ1) is 19.4. The third-order valence-corrected chi connectivity index (χ3v) is 7.79. The molecule has 1 atom stereocenters. The summed E-state index contributed by atoms with van der Waals surface area (Å²) in [5, 5.41) is 10.3. The van der Waals surface area contributed by atoms with Crippen LogP contribution in [-0.4, -0.2) is 74.1 Å². The van der Waals surface area contributed by atoms with Gasteiger partial charge in [-0.2, -0.15) is 18.3 Å². The molecule has 10 nitrogen and oxygen atoms in total. The topological polar surface area (TPSA) is 129 Å². The summed E-state index contributed by atoms with van der Waals surface area (Å²) in [7, 11) is -3.57. The van der Waals surface area contributed by atoms with Crippen LogP contribution in [-0.2, 0) is 38.8 Å². The third kappa shape index (κ3) is 9.45. The summed E-state index contributed by atoms with van der Waals surface area (Å²) < 4.78 is 72.9. The maximum atomic E-state index is 13.2. The highest BCUT2D eigenvalue weighted by molar-refractivity contribution is 7.91. The smallest absolute Gasteiger partial charge is 0.389 e. The largest absolute Gasteiger partial charge is 0.494 e. The molecule has 0 spiro atoms. The number of nitrogens with one attached hydrogen (secondary N) is 2. The van der Waals surface area contributed by atoms with Crippen molar-refractivity contribution in [3.05, 3.63) is 41.1 Å². The highest BCUT2D eigenvalue weighted by Gasteiger charge is 2.33. The van der Waals surface area contributed by atoms with E-state index >= 15 is 0 Å². The number of hydrogen-bond donors (Lipinski definition) is 2. The van der Waals surface area contributed by atoms with Gasteiger partial charge in [0.15, 0.2) is 9.84 Å². The molecule has 1 fully saturated rings. The van der Waals surface area contributed by atoms with E-state index < -0.39 is 40.0 Å². The predicted octanol–water partition coefficient (Wildman–Crippen LogP) is 3.30. The van der Waals surface area contributed by atoms with Crippen LogP contribution in [0.4, 0.5) is 19.0 Å². The molecule has 1 saturated heterocycles. The number of carbonyl (C=O) groups is 2. The average Bonchev–Trinajstić information content (AvgIpc) is 3.21. The molecule has 14 heteroatoms. The maximum Gasteiger partial charge on any atom is 0.389 e. The predicted molar refractivity (Wildman–Crippen MR) is 145 cm³/mol. The van der Waals surface area contributed by atoms with Crippen LogP contribution in [0.2, 0.25) is 0 Å². The van der Waals surface area contributed by atoms with Gasteiger partial charge in [0.2, 0.25) is 5.91 Å². The zero-order valence-electron chi connectivity index (χ0n) is 22.8. The van der Waals surface area contributed by atoms with E-state index in [0.29, 0.717) is 50.5 Å². The number of rotatable bonds is 12. The molecule has 3 heterocycles. The first-order valence-electron chi connectivity index (χ1n) is 13.6. The Bertz CT molecular complexity index is 1340. The van der Waals surface area contributed by atoms with E-state index in [0.717, 1.165) is 24.7 Å². The van der Waals surface area contributed by atoms with E-state index in [1.807, 2.05) is 6.07 Å². The second kappa shape index (κ2) is 13.2. The van der Waals surface area contributed by atoms with Crippen molar-refractivity contribution in [3.8, 4) is 5.75 Å². The Morgan fingerprint density at radius 1 is 1.27 bits per heavy atom. The van der Waals surface area contributed by atoms with E-state index in [1.165, 1.54) is 0 Å². The summed E-state index contributed by atoms with van der Waals surface area (Å²) in [4.78, 5) is 25.7. The van der Waals surface area contributed by atoms with Crippen LogP contribution < -0.4 is 15.4 Å². The number of amides is 2. The van der Waals surface area contributed by atoms with Gasteiger partial charge in [0.25, 0.3) is 5.91 Å². The molecule has 2 N–H and O–H groups in total. The molecular weight excluding hydrogens is 565 g/mol. The van der Waals surface area contributed by atoms with Gasteiger partial charge < -0.3 is 20.1 Å². The Labute approximate surface area is 236 Å². The molecule has 4 rings (SSSR count). The number of fused-ring (bicyclic) bond motifs is 1. The quantitative estimate of drug-likeness (QED) is 0.358. The lowest BCUT2D eigenvalue weighted by molar-refractivity contribution is -0.136. The van der Waals surface area contributed by atoms with Gasteiger partial charge in [-0.05, 0) is 55.7 Å². The van der Waals surface area contributed by atoms with E-state index in [4.69, 9.17) is 9.47 Å². The van der Waals surface area contributed by atoms with Gasteiger partial charge in [-0.15, -0.1) is 0 Å². The molecular formula is C27H35F3N4O6S. The zero-order valence-corrected chi connectivity index (χ0v) is 23.7. The fraction of sp³-hybridized carbons (Fsp3) is 0.593. The first-order valence-corrected chi connectivity index (χ1v) is 15.7. The summed E-state index contributed by atoms with van der Waals surface area (Å²) in [6.45, 7) is 1.65. The van der Waals surface area contributed by atoms with Crippen LogP contribution >= 0.6 is 0 Å². The minimum Gasteiger partial charge on any atom is -0.494 e. The van der Waals surface area contributed by atoms with Crippen molar-refractivity contribution in [2.24, 2.45) is 5.92 Å². The highest BCUT2D eigenvalue weighted by atomic mass is 32.2. The van der Waals surface area contributed by atoms with Crippen molar-refractivity contribution in [2.45, 2.75) is 63.7 Å². The van der Waals surface area contributed by atoms with Crippen LogP contribution in [0.3, 0.4) is 0 Å². The molecule has 2 aromatic rings. The van der Waals surface area contributed by atoms with Crippen LogP contribution in [0.1, 0.15) is 53.7 Å². The summed E-state index contributed by atoms with van der Waals surface area (Å²) in [6.07, 6.45) is -1.07. The molecule has 2 amide bonds. The second-order valence-electron chi connectivity index (χ2n) is 10.7. The third-order valence-electron chi connectivity index (χ3n) is 7.00. The number of sulfone groups is 1. The minimum absolute atomic E-state index is 0.0377. The Hall–Kier alpha value is -3.13. The minimum atomic E-state index is -4.21. The van der Waals surface area contributed by atoms with Gasteiger partial charge in [-0.1, -0.05) is 12.1 Å². The molecule has 226 valence electrons. The standard InChI is InChI=1S/C27H35F3N4O6S/c1-41(37,38)17-23(35)32-25-24-22(33-34(25)16-19-8-12-39-13-9-19)15-20(31-26(24)36)7-6-18-4-2-5-21(14-18)40-11-3-10-27(28,29)30/h2,4-5,14,19-20H,3,6-13,15-17H2,1H3,(H,31,36)(H,32,35)/t20-/m0/s1. The van der Waals surface area contributed by atoms with Crippen LogP contribution in [0, 0.1) is 5.92 Å².